The lowest BCUT2D eigenvalue weighted by atomic mass is 9.98. The highest BCUT2D eigenvalue weighted by Gasteiger charge is 2.29. The van der Waals surface area contributed by atoms with E-state index < -0.39 is 12.8 Å². The van der Waals surface area contributed by atoms with Crippen LogP contribution in [0.2, 0.25) is 0 Å². The van der Waals surface area contributed by atoms with Gasteiger partial charge < -0.3 is 9.30 Å². The third kappa shape index (κ3) is 3.42. The van der Waals surface area contributed by atoms with E-state index in [9.17, 15) is 18.0 Å². The summed E-state index contributed by atoms with van der Waals surface area (Å²) in [6.07, 6.45) is -2.80. The van der Waals surface area contributed by atoms with Crippen LogP contribution in [0.15, 0.2) is 52.3 Å². The Hall–Kier alpha value is -2.45. The number of halogens is 3. The zero-order valence-corrected chi connectivity index (χ0v) is 15.1. The summed E-state index contributed by atoms with van der Waals surface area (Å²) in [6, 6.07) is 10.5. The van der Waals surface area contributed by atoms with Crippen LogP contribution in [0.5, 0.6) is 5.75 Å². The van der Waals surface area contributed by atoms with E-state index in [1.807, 2.05) is 6.07 Å². The van der Waals surface area contributed by atoms with Gasteiger partial charge in [-0.2, -0.15) is 13.2 Å². The summed E-state index contributed by atoms with van der Waals surface area (Å²) in [4.78, 5) is 13.3. The average molecular weight is 392 g/mol. The van der Waals surface area contributed by atoms with Gasteiger partial charge in [0.2, 0.25) is 0 Å². The van der Waals surface area contributed by atoms with E-state index in [1.165, 1.54) is 16.5 Å². The lowest BCUT2D eigenvalue weighted by Gasteiger charge is -2.17. The fourth-order valence-corrected chi connectivity index (χ4v) is 3.97. The van der Waals surface area contributed by atoms with Gasteiger partial charge in [-0.3, -0.25) is 9.52 Å². The van der Waals surface area contributed by atoms with E-state index in [2.05, 4.69) is 4.72 Å². The number of nitrogens with zero attached hydrogens (tertiary/aromatic N) is 1. The number of fused-ring (bicyclic) bond motifs is 2. The third-order valence-corrected chi connectivity index (χ3v) is 5.27. The smallest absolute Gasteiger partial charge is 0.422 e. The first kappa shape index (κ1) is 17.9. The number of nitrogens with one attached hydrogen (secondary N) is 1. The fraction of sp³-hybridized carbons (Fsp3) is 0.211. The van der Waals surface area contributed by atoms with Gasteiger partial charge in [0.15, 0.2) is 6.61 Å². The number of alkyl halides is 3. The molecule has 27 heavy (non-hydrogen) atoms. The number of ether oxygens (including phenoxy) is 1. The van der Waals surface area contributed by atoms with Crippen molar-refractivity contribution in [3.63, 3.8) is 0 Å². The molecule has 1 aliphatic heterocycles. The van der Waals surface area contributed by atoms with Crippen molar-refractivity contribution >= 4 is 22.7 Å². The third-order valence-electron chi connectivity index (χ3n) is 4.38. The van der Waals surface area contributed by atoms with Crippen LogP contribution in [-0.2, 0) is 13.6 Å². The normalized spacial score (nSPS) is 13.8. The second-order valence-corrected chi connectivity index (χ2v) is 7.22. The number of hydrogen-bond acceptors (Lipinski definition) is 4. The van der Waals surface area contributed by atoms with Crippen molar-refractivity contribution in [2.75, 3.05) is 6.61 Å². The molecule has 0 atom stereocenters. The van der Waals surface area contributed by atoms with Crippen LogP contribution in [0, 0.1) is 0 Å². The van der Waals surface area contributed by atoms with Gasteiger partial charge in [-0.1, -0.05) is 18.2 Å². The van der Waals surface area contributed by atoms with Gasteiger partial charge in [-0.05, 0) is 41.1 Å². The molecule has 1 aromatic heterocycles. The number of rotatable bonds is 3. The van der Waals surface area contributed by atoms with Gasteiger partial charge in [0.05, 0.1) is 0 Å². The van der Waals surface area contributed by atoms with Crippen LogP contribution in [0.1, 0.15) is 5.56 Å². The van der Waals surface area contributed by atoms with E-state index in [0.717, 1.165) is 10.5 Å². The summed E-state index contributed by atoms with van der Waals surface area (Å²) in [6.45, 7) is -0.820. The van der Waals surface area contributed by atoms with Gasteiger partial charge in [-0.25, -0.2) is 0 Å². The highest BCUT2D eigenvalue weighted by molar-refractivity contribution is 7.97. The highest BCUT2D eigenvalue weighted by atomic mass is 32.2. The van der Waals surface area contributed by atoms with Gasteiger partial charge in [0.1, 0.15) is 5.75 Å². The van der Waals surface area contributed by atoms with Crippen LogP contribution in [0.4, 0.5) is 13.2 Å². The minimum absolute atomic E-state index is 0.152. The maximum absolute atomic E-state index is 12.7. The maximum atomic E-state index is 12.7. The van der Waals surface area contributed by atoms with Crippen molar-refractivity contribution < 1.29 is 17.9 Å². The summed E-state index contributed by atoms with van der Waals surface area (Å²) in [5, 5.41) is 1.18. The maximum Gasteiger partial charge on any atom is 0.422 e. The van der Waals surface area contributed by atoms with Crippen molar-refractivity contribution in [1.82, 2.24) is 9.29 Å². The lowest BCUT2D eigenvalue weighted by molar-refractivity contribution is -0.153. The molecule has 0 bridgehead atoms. The van der Waals surface area contributed by atoms with Crippen LogP contribution < -0.4 is 15.0 Å². The lowest BCUT2D eigenvalue weighted by Crippen LogP contribution is -2.20. The molecular formula is C19H15F3N2O2S. The second kappa shape index (κ2) is 6.61. The molecule has 0 radical (unpaired) electrons. The molecule has 2 heterocycles. The standard InChI is InChI=1S/C19H15F3N2O2S/c1-24-9-15(12-4-2-3-5-13(12)18(24)25)14-7-17-11(8-23-27-17)6-16(14)26-10-19(20,21)22/h2-7,9,23H,8,10H2,1H3. The first-order valence-corrected chi connectivity index (χ1v) is 9.00. The fourth-order valence-electron chi connectivity index (χ4n) is 3.15. The van der Waals surface area contributed by atoms with Crippen molar-refractivity contribution in [2.45, 2.75) is 17.6 Å². The predicted molar refractivity (Wildman–Crippen MR) is 98.9 cm³/mol. The molecule has 0 unspecified atom stereocenters. The van der Waals surface area contributed by atoms with E-state index in [4.69, 9.17) is 4.74 Å². The van der Waals surface area contributed by atoms with Crippen LogP contribution in [-0.4, -0.2) is 17.4 Å². The zero-order valence-electron chi connectivity index (χ0n) is 14.3. The first-order chi connectivity index (χ1) is 12.8. The van der Waals surface area contributed by atoms with Gasteiger partial charge >= 0.3 is 6.18 Å². The molecule has 0 fully saturated rings. The molecule has 0 spiro atoms. The molecular weight excluding hydrogens is 377 g/mol. The van der Waals surface area contributed by atoms with Gasteiger partial charge in [0.25, 0.3) is 5.56 Å². The summed E-state index contributed by atoms with van der Waals surface area (Å²) in [5.41, 5.74) is 1.90. The second-order valence-electron chi connectivity index (χ2n) is 6.29. The molecule has 0 amide bonds. The Morgan fingerprint density at radius 2 is 1.93 bits per heavy atom. The number of hydrogen-bond donors (Lipinski definition) is 1. The summed E-state index contributed by atoms with van der Waals surface area (Å²) >= 11 is 1.43. The Morgan fingerprint density at radius 3 is 2.67 bits per heavy atom. The monoisotopic (exact) mass is 392 g/mol. The average Bonchev–Trinajstić information content (AvgIpc) is 3.09. The molecule has 140 valence electrons. The SMILES string of the molecule is Cn1cc(-c2cc3c(cc2OCC(F)(F)F)CNS3)c2ccccc2c1=O. The molecule has 3 aromatic rings. The van der Waals surface area contributed by atoms with Gasteiger partial charge in [-0.15, -0.1) is 0 Å². The van der Waals surface area contributed by atoms with Crippen LogP contribution >= 0.6 is 11.9 Å². The van der Waals surface area contributed by atoms with Crippen molar-refractivity contribution in [1.29, 1.82) is 0 Å². The Kier molecular flexibility index (Phi) is 4.39. The first-order valence-electron chi connectivity index (χ1n) is 8.18. The molecule has 0 saturated carbocycles. The molecule has 4 rings (SSSR count). The van der Waals surface area contributed by atoms with Gasteiger partial charge in [0, 0.05) is 41.2 Å². The highest BCUT2D eigenvalue weighted by Crippen LogP contribution is 2.41. The van der Waals surface area contributed by atoms with E-state index in [-0.39, 0.29) is 11.3 Å². The molecule has 2 aromatic carbocycles. The van der Waals surface area contributed by atoms with E-state index in [0.29, 0.717) is 28.4 Å². The quantitative estimate of drug-likeness (QED) is 0.677. The van der Waals surface area contributed by atoms with Crippen molar-refractivity contribution in [2.24, 2.45) is 7.05 Å². The topological polar surface area (TPSA) is 43.3 Å². The number of pyridine rings is 1. The summed E-state index contributed by atoms with van der Waals surface area (Å²) in [7, 11) is 1.62. The van der Waals surface area contributed by atoms with E-state index >= 15 is 0 Å². The zero-order chi connectivity index (χ0) is 19.2. The van der Waals surface area contributed by atoms with E-state index in [1.54, 1.807) is 43.6 Å². The van der Waals surface area contributed by atoms with Crippen molar-refractivity contribution in [3.8, 4) is 16.9 Å². The summed E-state index contributed by atoms with van der Waals surface area (Å²) < 4.78 is 47.9. The van der Waals surface area contributed by atoms with Crippen molar-refractivity contribution in [3.05, 3.63) is 58.5 Å². The Bertz CT molecular complexity index is 1090. The number of benzene rings is 2. The summed E-state index contributed by atoms with van der Waals surface area (Å²) in [5.74, 6) is 0.152. The molecule has 0 saturated heterocycles. The molecule has 1 aliphatic rings. The molecule has 4 nitrogen and oxygen atoms in total. The molecule has 0 aliphatic carbocycles. The minimum atomic E-state index is -4.44. The van der Waals surface area contributed by atoms with Crippen LogP contribution in [0.3, 0.4) is 0 Å². The largest absolute Gasteiger partial charge is 0.483 e. The Balaban J connectivity index is 1.95. The minimum Gasteiger partial charge on any atom is -0.483 e. The number of aryl methyl sites for hydroxylation is 1. The Labute approximate surface area is 157 Å². The Morgan fingerprint density at radius 1 is 1.19 bits per heavy atom. The molecule has 8 heteroatoms. The number of aromatic nitrogens is 1. The molecule has 1 N–H and O–H groups in total. The predicted octanol–water partition coefficient (Wildman–Crippen LogP) is 4.26. The van der Waals surface area contributed by atoms with Crippen LogP contribution in [0.25, 0.3) is 21.9 Å².